The van der Waals surface area contributed by atoms with Crippen molar-refractivity contribution in [3.8, 4) is 11.8 Å². The SMILES string of the molecule is N#CC1(C(O)c2cc(Br)c(Br)s2)CCOc2ccccc21. The van der Waals surface area contributed by atoms with Crippen LogP contribution in [0.25, 0.3) is 0 Å². The van der Waals surface area contributed by atoms with Gasteiger partial charge in [-0.2, -0.15) is 5.26 Å². The number of ether oxygens (including phenoxy) is 1. The van der Waals surface area contributed by atoms with Crippen LogP contribution in [0.3, 0.4) is 0 Å². The van der Waals surface area contributed by atoms with Gasteiger partial charge in [-0.25, -0.2) is 0 Å². The number of hydrogen-bond donors (Lipinski definition) is 1. The quantitative estimate of drug-likeness (QED) is 0.763. The molecule has 0 radical (unpaired) electrons. The molecule has 2 aromatic rings. The van der Waals surface area contributed by atoms with E-state index in [0.717, 1.165) is 18.7 Å². The first-order valence-electron chi connectivity index (χ1n) is 6.35. The van der Waals surface area contributed by atoms with Gasteiger partial charge in [0, 0.05) is 21.3 Å². The fraction of sp³-hybridized carbons (Fsp3) is 0.267. The molecule has 6 heteroatoms. The van der Waals surface area contributed by atoms with E-state index in [2.05, 4.69) is 37.9 Å². The molecule has 2 heterocycles. The maximum Gasteiger partial charge on any atom is 0.124 e. The minimum absolute atomic E-state index is 0.426. The highest BCUT2D eigenvalue weighted by Gasteiger charge is 2.45. The third kappa shape index (κ3) is 2.42. The number of rotatable bonds is 2. The van der Waals surface area contributed by atoms with Crippen LogP contribution in [0.15, 0.2) is 38.6 Å². The Hall–Kier alpha value is -0.870. The van der Waals surface area contributed by atoms with E-state index in [1.54, 1.807) is 0 Å². The molecule has 1 aromatic heterocycles. The molecule has 0 aliphatic carbocycles. The Morgan fingerprint density at radius 1 is 1.38 bits per heavy atom. The van der Waals surface area contributed by atoms with Crippen LogP contribution in [-0.4, -0.2) is 11.7 Å². The molecule has 0 fully saturated rings. The number of aliphatic hydroxyl groups is 1. The van der Waals surface area contributed by atoms with Crippen LogP contribution in [0.4, 0.5) is 0 Å². The zero-order chi connectivity index (χ0) is 15.0. The van der Waals surface area contributed by atoms with Crippen molar-refractivity contribution in [2.45, 2.75) is 17.9 Å². The largest absolute Gasteiger partial charge is 0.493 e. The highest BCUT2D eigenvalue weighted by molar-refractivity contribution is 9.13. The summed E-state index contributed by atoms with van der Waals surface area (Å²) in [5, 5.41) is 20.7. The fourth-order valence-electron chi connectivity index (χ4n) is 2.62. The van der Waals surface area contributed by atoms with Gasteiger partial charge < -0.3 is 9.84 Å². The molecule has 0 saturated heterocycles. The van der Waals surface area contributed by atoms with Crippen LogP contribution in [0.2, 0.25) is 0 Å². The van der Waals surface area contributed by atoms with Gasteiger partial charge in [-0.15, -0.1) is 11.3 Å². The number of hydrogen-bond acceptors (Lipinski definition) is 4. The van der Waals surface area contributed by atoms with E-state index in [-0.39, 0.29) is 0 Å². The maximum atomic E-state index is 10.9. The van der Waals surface area contributed by atoms with Crippen LogP contribution >= 0.6 is 43.2 Å². The Kier molecular flexibility index (Phi) is 4.10. The number of aliphatic hydroxyl groups excluding tert-OH is 1. The standard InChI is InChI=1S/C15H11Br2NO2S/c16-10-7-12(21-14(10)17)13(19)15(8-18)5-6-20-11-4-2-1-3-9(11)15/h1-4,7,13,19H,5-6H2. The normalized spacial score (nSPS) is 22.0. The Bertz CT molecular complexity index is 705. The number of thiophene rings is 1. The molecule has 1 aliphatic rings. The van der Waals surface area contributed by atoms with Crippen LogP contribution < -0.4 is 4.74 Å². The summed E-state index contributed by atoms with van der Waals surface area (Å²) in [6, 6.07) is 11.6. The number of halogens is 2. The number of fused-ring (bicyclic) bond motifs is 1. The van der Waals surface area contributed by atoms with Gasteiger partial charge in [-0.3, -0.25) is 0 Å². The Morgan fingerprint density at radius 3 is 2.81 bits per heavy atom. The second-order valence-corrected chi connectivity index (χ2v) is 8.11. The van der Waals surface area contributed by atoms with Crippen molar-refractivity contribution >= 4 is 43.2 Å². The number of nitrogens with zero attached hydrogens (tertiary/aromatic N) is 1. The predicted octanol–water partition coefficient (Wildman–Crippen LogP) is 4.55. The number of nitriles is 1. The molecule has 2 atom stereocenters. The van der Waals surface area contributed by atoms with E-state index in [1.807, 2.05) is 30.3 Å². The molecular weight excluding hydrogens is 418 g/mol. The van der Waals surface area contributed by atoms with E-state index >= 15 is 0 Å². The summed E-state index contributed by atoms with van der Waals surface area (Å²) in [4.78, 5) is 0.756. The van der Waals surface area contributed by atoms with Gasteiger partial charge in [0.05, 0.1) is 16.5 Å². The van der Waals surface area contributed by atoms with Crippen molar-refractivity contribution in [2.24, 2.45) is 0 Å². The average Bonchev–Trinajstić information content (AvgIpc) is 2.85. The lowest BCUT2D eigenvalue weighted by Gasteiger charge is -2.36. The lowest BCUT2D eigenvalue weighted by Crippen LogP contribution is -2.37. The molecule has 0 spiro atoms. The van der Waals surface area contributed by atoms with Gasteiger partial charge in [0.1, 0.15) is 17.3 Å². The molecule has 0 amide bonds. The van der Waals surface area contributed by atoms with Gasteiger partial charge in [-0.1, -0.05) is 18.2 Å². The monoisotopic (exact) mass is 427 g/mol. The molecule has 1 aromatic carbocycles. The maximum absolute atomic E-state index is 10.9. The molecule has 3 rings (SSSR count). The molecule has 1 aliphatic heterocycles. The summed E-state index contributed by atoms with van der Waals surface area (Å²) in [7, 11) is 0. The van der Waals surface area contributed by atoms with E-state index in [4.69, 9.17) is 4.74 Å². The summed E-state index contributed by atoms with van der Waals surface area (Å²) in [6.45, 7) is 0.426. The van der Waals surface area contributed by atoms with Crippen LogP contribution in [0.1, 0.15) is 23.0 Å². The minimum atomic E-state index is -0.974. The van der Waals surface area contributed by atoms with Gasteiger partial charge in [0.25, 0.3) is 0 Å². The molecule has 0 bridgehead atoms. The zero-order valence-corrected chi connectivity index (χ0v) is 14.8. The van der Waals surface area contributed by atoms with Crippen LogP contribution in [-0.2, 0) is 5.41 Å². The molecule has 21 heavy (non-hydrogen) atoms. The molecule has 108 valence electrons. The van der Waals surface area contributed by atoms with Crippen molar-refractivity contribution in [3.63, 3.8) is 0 Å². The van der Waals surface area contributed by atoms with Crippen molar-refractivity contribution in [1.29, 1.82) is 5.26 Å². The average molecular weight is 429 g/mol. The van der Waals surface area contributed by atoms with Crippen molar-refractivity contribution < 1.29 is 9.84 Å². The van der Waals surface area contributed by atoms with Gasteiger partial charge in [0.15, 0.2) is 0 Å². The summed E-state index contributed by atoms with van der Waals surface area (Å²) >= 11 is 8.29. The second-order valence-electron chi connectivity index (χ2n) is 4.85. The van der Waals surface area contributed by atoms with Crippen molar-refractivity contribution in [2.75, 3.05) is 6.61 Å². The lowest BCUT2D eigenvalue weighted by molar-refractivity contribution is 0.0834. The van der Waals surface area contributed by atoms with E-state index in [1.165, 1.54) is 11.3 Å². The minimum Gasteiger partial charge on any atom is -0.493 e. The van der Waals surface area contributed by atoms with Gasteiger partial charge in [-0.05, 0) is 44.0 Å². The number of benzene rings is 1. The fourth-order valence-corrected chi connectivity index (χ4v) is 4.79. The van der Waals surface area contributed by atoms with E-state index < -0.39 is 11.5 Å². The zero-order valence-electron chi connectivity index (χ0n) is 10.8. The topological polar surface area (TPSA) is 53.2 Å². The van der Waals surface area contributed by atoms with Crippen LogP contribution in [0, 0.1) is 11.3 Å². The predicted molar refractivity (Wildman–Crippen MR) is 88.5 cm³/mol. The van der Waals surface area contributed by atoms with Gasteiger partial charge >= 0.3 is 0 Å². The molecular formula is C15H11Br2NO2S. The Balaban J connectivity index is 2.12. The van der Waals surface area contributed by atoms with Crippen LogP contribution in [0.5, 0.6) is 5.75 Å². The summed E-state index contributed by atoms with van der Waals surface area (Å²) in [5.74, 6) is 0.680. The third-order valence-electron chi connectivity index (χ3n) is 3.72. The molecule has 1 N–H and O–H groups in total. The first-order chi connectivity index (χ1) is 10.1. The highest BCUT2D eigenvalue weighted by Crippen LogP contribution is 2.49. The Labute approximate surface area is 143 Å². The van der Waals surface area contributed by atoms with Crippen molar-refractivity contribution in [1.82, 2.24) is 0 Å². The molecule has 3 nitrogen and oxygen atoms in total. The van der Waals surface area contributed by atoms with E-state index in [9.17, 15) is 10.4 Å². The summed E-state index contributed by atoms with van der Waals surface area (Å²) < 4.78 is 7.41. The Morgan fingerprint density at radius 2 is 2.14 bits per heavy atom. The highest BCUT2D eigenvalue weighted by atomic mass is 79.9. The molecule has 0 saturated carbocycles. The van der Waals surface area contributed by atoms with Crippen molar-refractivity contribution in [3.05, 3.63) is 49.0 Å². The molecule has 2 unspecified atom stereocenters. The first-order valence-corrected chi connectivity index (χ1v) is 8.75. The third-order valence-corrected chi connectivity index (χ3v) is 7.03. The summed E-state index contributed by atoms with van der Waals surface area (Å²) in [5.41, 5.74) is -0.217. The first kappa shape index (κ1) is 15.0. The van der Waals surface area contributed by atoms with Gasteiger partial charge in [0.2, 0.25) is 0 Å². The summed E-state index contributed by atoms with van der Waals surface area (Å²) in [6.07, 6.45) is -0.422. The lowest BCUT2D eigenvalue weighted by atomic mass is 9.72. The van der Waals surface area contributed by atoms with E-state index in [0.29, 0.717) is 18.8 Å². The smallest absolute Gasteiger partial charge is 0.124 e. The second kappa shape index (κ2) is 5.73. The number of para-hydroxylation sites is 1.